The van der Waals surface area contributed by atoms with Crippen LogP contribution in [0.25, 0.3) is 31.3 Å². The number of halogens is 2. The summed E-state index contributed by atoms with van der Waals surface area (Å²) < 4.78 is 5.50. The molecule has 0 N–H and O–H groups in total. The number of allylic oxidation sites excluding steroid dienone is 2. The molecular weight excluding hydrogens is 594 g/mol. The van der Waals surface area contributed by atoms with Gasteiger partial charge in [-0.15, -0.1) is 22.7 Å². The van der Waals surface area contributed by atoms with Crippen molar-refractivity contribution in [3.8, 4) is 0 Å². The highest BCUT2D eigenvalue weighted by Crippen LogP contribution is 2.49. The van der Waals surface area contributed by atoms with Crippen LogP contribution >= 0.6 is 67.9 Å². The van der Waals surface area contributed by atoms with Gasteiger partial charge in [-0.25, -0.2) is 0 Å². The van der Waals surface area contributed by atoms with E-state index in [4.69, 9.17) is 0 Å². The molecule has 4 heteroatoms. The predicted molar refractivity (Wildman–Crippen MR) is 139 cm³/mol. The molecule has 0 radical (unpaired) electrons. The van der Waals surface area contributed by atoms with Gasteiger partial charge in [0.15, 0.2) is 0 Å². The predicted octanol–water partition coefficient (Wildman–Crippen LogP) is 9.04. The highest BCUT2D eigenvalue weighted by molar-refractivity contribution is 14.1. The fraction of sp³-hybridized carbons (Fsp3) is 0.217. The zero-order valence-electron chi connectivity index (χ0n) is 15.2. The van der Waals surface area contributed by atoms with Gasteiger partial charge in [0.1, 0.15) is 0 Å². The molecule has 0 bridgehead atoms. The van der Waals surface area contributed by atoms with E-state index in [1.54, 1.807) is 11.1 Å². The van der Waals surface area contributed by atoms with Crippen LogP contribution in [0.15, 0.2) is 36.4 Å². The molecule has 4 aromatic rings. The lowest BCUT2D eigenvalue weighted by Gasteiger charge is -2.10. The maximum atomic E-state index is 2.42. The minimum Gasteiger partial charge on any atom is -0.140 e. The summed E-state index contributed by atoms with van der Waals surface area (Å²) in [6, 6.07) is 13.8. The number of hydrogen-bond acceptors (Lipinski definition) is 2. The van der Waals surface area contributed by atoms with Crippen LogP contribution in [-0.4, -0.2) is 0 Å². The lowest BCUT2D eigenvalue weighted by atomic mass is 9.94. The van der Waals surface area contributed by atoms with Crippen LogP contribution in [0.3, 0.4) is 0 Å². The summed E-state index contributed by atoms with van der Waals surface area (Å²) in [7, 11) is 0. The fourth-order valence-electron chi connectivity index (χ4n) is 4.43. The number of benzene rings is 2. The second-order valence-electron chi connectivity index (χ2n) is 7.16. The van der Waals surface area contributed by atoms with Crippen molar-refractivity contribution < 1.29 is 0 Å². The fourth-order valence-corrected chi connectivity index (χ4v) is 8.10. The zero-order valence-corrected chi connectivity index (χ0v) is 21.1. The molecule has 0 saturated heterocycles. The Hall–Kier alpha value is -0.440. The third-order valence-electron chi connectivity index (χ3n) is 5.48. The van der Waals surface area contributed by atoms with E-state index in [1.165, 1.54) is 67.5 Å². The van der Waals surface area contributed by atoms with E-state index in [1.807, 2.05) is 22.7 Å². The van der Waals surface area contributed by atoms with Gasteiger partial charge >= 0.3 is 0 Å². The van der Waals surface area contributed by atoms with Gasteiger partial charge < -0.3 is 0 Å². The van der Waals surface area contributed by atoms with Gasteiger partial charge in [-0.3, -0.25) is 0 Å². The molecule has 136 valence electrons. The Balaban J connectivity index is 1.79. The van der Waals surface area contributed by atoms with E-state index in [9.17, 15) is 0 Å². The van der Waals surface area contributed by atoms with Gasteiger partial charge in [-0.05, 0) is 125 Å². The maximum absolute atomic E-state index is 2.42. The van der Waals surface area contributed by atoms with Crippen LogP contribution in [0.5, 0.6) is 0 Å². The highest BCUT2D eigenvalue weighted by atomic mass is 127. The van der Waals surface area contributed by atoms with Gasteiger partial charge in [0.2, 0.25) is 0 Å². The standard InChI is InChI=1S/C23H18I2S2/c1-12-22(18-8-6-14(24)10-20(18)26-12)16-4-3-5-17(16)23-13(2)27-21-11-15(25)7-9-19(21)23/h6-11H,3-5H2,1-2H3. The lowest BCUT2D eigenvalue weighted by Crippen LogP contribution is -1.88. The van der Waals surface area contributed by atoms with Gasteiger partial charge in [-0.1, -0.05) is 12.1 Å². The molecule has 0 fully saturated rings. The minimum atomic E-state index is 1.20. The third-order valence-corrected chi connectivity index (χ3v) is 8.96. The number of thiophene rings is 2. The van der Waals surface area contributed by atoms with Crippen LogP contribution < -0.4 is 0 Å². The first-order chi connectivity index (χ1) is 13.0. The van der Waals surface area contributed by atoms with Gasteiger partial charge in [0.25, 0.3) is 0 Å². The summed E-state index contributed by atoms with van der Waals surface area (Å²) in [6.07, 6.45) is 3.68. The summed E-state index contributed by atoms with van der Waals surface area (Å²) in [5.74, 6) is 0. The van der Waals surface area contributed by atoms with Crippen molar-refractivity contribution in [2.75, 3.05) is 0 Å². The Morgan fingerprint density at radius 1 is 0.704 bits per heavy atom. The molecular formula is C23H18I2S2. The van der Waals surface area contributed by atoms with Crippen LogP contribution in [-0.2, 0) is 0 Å². The van der Waals surface area contributed by atoms with E-state index in [0.717, 1.165) is 0 Å². The average molecular weight is 612 g/mol. The minimum absolute atomic E-state index is 1.20. The number of hydrogen-bond donors (Lipinski definition) is 0. The second-order valence-corrected chi connectivity index (χ2v) is 12.2. The Labute approximate surface area is 195 Å². The summed E-state index contributed by atoms with van der Waals surface area (Å²) in [4.78, 5) is 2.93. The molecule has 2 heterocycles. The van der Waals surface area contributed by atoms with Crippen molar-refractivity contribution in [3.63, 3.8) is 0 Å². The Morgan fingerprint density at radius 3 is 1.59 bits per heavy atom. The van der Waals surface area contributed by atoms with Crippen LogP contribution in [0.2, 0.25) is 0 Å². The molecule has 0 aliphatic heterocycles. The third kappa shape index (κ3) is 3.11. The Kier molecular flexibility index (Phi) is 4.89. The SMILES string of the molecule is Cc1sc2cc(I)ccc2c1C1=C(c2c(C)sc3cc(I)ccc23)CCC1. The van der Waals surface area contributed by atoms with Crippen molar-refractivity contribution in [1.29, 1.82) is 0 Å². The summed E-state index contributed by atoms with van der Waals surface area (Å²) in [5.41, 5.74) is 6.23. The van der Waals surface area contributed by atoms with Gasteiger partial charge in [-0.2, -0.15) is 0 Å². The topological polar surface area (TPSA) is 0 Å². The van der Waals surface area contributed by atoms with Crippen molar-refractivity contribution in [2.24, 2.45) is 0 Å². The van der Waals surface area contributed by atoms with Crippen molar-refractivity contribution in [1.82, 2.24) is 0 Å². The van der Waals surface area contributed by atoms with Crippen LogP contribution in [0.4, 0.5) is 0 Å². The van der Waals surface area contributed by atoms with Crippen LogP contribution in [0.1, 0.15) is 40.1 Å². The summed E-state index contributed by atoms with van der Waals surface area (Å²) in [6.45, 7) is 4.60. The zero-order chi connectivity index (χ0) is 18.7. The largest absolute Gasteiger partial charge is 0.140 e. The summed E-state index contributed by atoms with van der Waals surface area (Å²) >= 11 is 8.75. The molecule has 0 nitrogen and oxygen atoms in total. The normalized spacial score (nSPS) is 14.8. The highest BCUT2D eigenvalue weighted by Gasteiger charge is 2.25. The van der Waals surface area contributed by atoms with E-state index in [2.05, 4.69) is 95.4 Å². The molecule has 5 rings (SSSR count). The molecule has 2 aromatic carbocycles. The smallest absolute Gasteiger partial charge is 0.0362 e. The second kappa shape index (κ2) is 7.11. The first-order valence-electron chi connectivity index (χ1n) is 9.13. The first kappa shape index (κ1) is 18.6. The molecule has 1 aliphatic rings. The number of fused-ring (bicyclic) bond motifs is 2. The molecule has 2 aromatic heterocycles. The molecule has 0 atom stereocenters. The molecule has 0 spiro atoms. The van der Waals surface area contributed by atoms with Crippen molar-refractivity contribution in [3.05, 3.63) is 64.4 Å². The van der Waals surface area contributed by atoms with Crippen LogP contribution in [0, 0.1) is 21.0 Å². The average Bonchev–Trinajstić information content (AvgIpc) is 3.27. The Morgan fingerprint density at radius 2 is 1.15 bits per heavy atom. The molecule has 0 amide bonds. The van der Waals surface area contributed by atoms with Crippen molar-refractivity contribution in [2.45, 2.75) is 33.1 Å². The number of aryl methyl sites for hydroxylation is 2. The van der Waals surface area contributed by atoms with E-state index < -0.39 is 0 Å². The lowest BCUT2D eigenvalue weighted by molar-refractivity contribution is 0.942. The van der Waals surface area contributed by atoms with Crippen molar-refractivity contribution >= 4 is 99.2 Å². The number of rotatable bonds is 2. The monoisotopic (exact) mass is 612 g/mol. The van der Waals surface area contributed by atoms with Gasteiger partial charge in [0, 0.05) is 37.1 Å². The molecule has 1 aliphatic carbocycles. The quantitative estimate of drug-likeness (QED) is 0.198. The molecule has 27 heavy (non-hydrogen) atoms. The molecule has 0 unspecified atom stereocenters. The van der Waals surface area contributed by atoms with Gasteiger partial charge in [0.05, 0.1) is 0 Å². The van der Waals surface area contributed by atoms with E-state index in [0.29, 0.717) is 0 Å². The van der Waals surface area contributed by atoms with E-state index >= 15 is 0 Å². The molecule has 0 saturated carbocycles. The van der Waals surface area contributed by atoms with E-state index in [-0.39, 0.29) is 0 Å². The summed E-state index contributed by atoms with van der Waals surface area (Å²) in [5, 5.41) is 2.89. The first-order valence-corrected chi connectivity index (χ1v) is 12.9. The maximum Gasteiger partial charge on any atom is 0.0362 e. The Bertz CT molecular complexity index is 1140.